The third-order valence-corrected chi connectivity index (χ3v) is 3.47. The van der Waals surface area contributed by atoms with E-state index in [9.17, 15) is 0 Å². The molecule has 0 spiro atoms. The third kappa shape index (κ3) is 3.32. The average molecular weight is 294 g/mol. The Balaban J connectivity index is 2.15. The maximum atomic E-state index is 6.23. The molecule has 0 bridgehead atoms. The van der Waals surface area contributed by atoms with E-state index in [0.29, 0.717) is 11.6 Å². The molecular formula is C15H20ClN3O. The number of hydrogen-bond donors (Lipinski definition) is 1. The summed E-state index contributed by atoms with van der Waals surface area (Å²) in [5.41, 5.74) is 3.16. The van der Waals surface area contributed by atoms with Crippen LogP contribution in [0.15, 0.2) is 24.3 Å². The number of halogens is 1. The largest absolute Gasteiger partial charge is 0.485 e. The lowest BCUT2D eigenvalue weighted by Gasteiger charge is -2.13. The van der Waals surface area contributed by atoms with Crippen molar-refractivity contribution in [3.63, 3.8) is 0 Å². The Kier molecular flexibility index (Phi) is 5.04. The Labute approximate surface area is 124 Å². The number of benzene rings is 1. The molecule has 1 aromatic carbocycles. The third-order valence-electron chi connectivity index (χ3n) is 3.17. The van der Waals surface area contributed by atoms with E-state index in [1.807, 2.05) is 37.0 Å². The Morgan fingerprint density at radius 2 is 2.20 bits per heavy atom. The lowest BCUT2D eigenvalue weighted by molar-refractivity contribution is 0.291. The monoisotopic (exact) mass is 293 g/mol. The molecule has 2 rings (SSSR count). The molecule has 0 radical (unpaired) electrons. The van der Waals surface area contributed by atoms with Crippen LogP contribution in [-0.2, 0) is 26.6 Å². The van der Waals surface area contributed by atoms with Crippen molar-refractivity contribution in [2.24, 2.45) is 7.05 Å². The molecule has 1 aromatic heterocycles. The highest BCUT2D eigenvalue weighted by Gasteiger charge is 2.10. The van der Waals surface area contributed by atoms with Crippen LogP contribution in [0.25, 0.3) is 0 Å². The van der Waals surface area contributed by atoms with E-state index in [2.05, 4.69) is 23.4 Å². The van der Waals surface area contributed by atoms with Gasteiger partial charge in [0.2, 0.25) is 0 Å². The van der Waals surface area contributed by atoms with Crippen molar-refractivity contribution in [1.29, 1.82) is 0 Å². The van der Waals surface area contributed by atoms with Crippen LogP contribution in [0.3, 0.4) is 0 Å². The van der Waals surface area contributed by atoms with Crippen molar-refractivity contribution in [2.45, 2.75) is 26.5 Å². The van der Waals surface area contributed by atoms with Crippen LogP contribution >= 0.6 is 11.6 Å². The summed E-state index contributed by atoms with van der Waals surface area (Å²) >= 11 is 6.23. The van der Waals surface area contributed by atoms with E-state index in [1.165, 1.54) is 0 Å². The molecule has 108 valence electrons. The maximum Gasteiger partial charge on any atom is 0.142 e. The van der Waals surface area contributed by atoms with Crippen LogP contribution in [0.5, 0.6) is 5.75 Å². The number of aryl methyl sites for hydroxylation is 2. The van der Waals surface area contributed by atoms with E-state index >= 15 is 0 Å². The standard InChI is InChI=1S/C15H20ClN3O/c1-4-12-8-13(19(3)18-12)10-20-15-11(9-17-2)6-5-7-14(15)16/h5-8,17H,4,9-10H2,1-3H3. The molecule has 0 amide bonds. The van der Waals surface area contributed by atoms with Gasteiger partial charge in [-0.3, -0.25) is 4.68 Å². The summed E-state index contributed by atoms with van der Waals surface area (Å²) in [5.74, 6) is 0.739. The Morgan fingerprint density at radius 1 is 1.40 bits per heavy atom. The quantitative estimate of drug-likeness (QED) is 0.890. The number of hydrogen-bond acceptors (Lipinski definition) is 3. The maximum absolute atomic E-state index is 6.23. The summed E-state index contributed by atoms with van der Waals surface area (Å²) in [6, 6.07) is 7.85. The molecule has 2 aromatic rings. The first-order chi connectivity index (χ1) is 9.65. The first kappa shape index (κ1) is 14.9. The zero-order chi connectivity index (χ0) is 14.5. The molecule has 0 atom stereocenters. The lowest BCUT2D eigenvalue weighted by Crippen LogP contribution is -2.09. The molecule has 0 aliphatic carbocycles. The molecule has 0 fully saturated rings. The summed E-state index contributed by atoms with van der Waals surface area (Å²) in [6.45, 7) is 3.28. The molecule has 0 aliphatic rings. The number of para-hydroxylation sites is 1. The SMILES string of the molecule is CCc1cc(COc2c(Cl)cccc2CNC)n(C)n1. The summed E-state index contributed by atoms with van der Waals surface area (Å²) in [6.07, 6.45) is 0.922. The van der Waals surface area contributed by atoms with Crippen LogP contribution in [0.4, 0.5) is 0 Å². The van der Waals surface area contributed by atoms with Gasteiger partial charge < -0.3 is 10.1 Å². The second-order valence-electron chi connectivity index (χ2n) is 4.65. The van der Waals surface area contributed by atoms with Gasteiger partial charge in [0.15, 0.2) is 0 Å². The molecular weight excluding hydrogens is 274 g/mol. The Morgan fingerprint density at radius 3 is 2.85 bits per heavy atom. The van der Waals surface area contributed by atoms with Crippen LogP contribution in [0, 0.1) is 0 Å². The van der Waals surface area contributed by atoms with Gasteiger partial charge in [0.1, 0.15) is 12.4 Å². The van der Waals surface area contributed by atoms with Crippen molar-refractivity contribution in [3.05, 3.63) is 46.2 Å². The zero-order valence-corrected chi connectivity index (χ0v) is 12.9. The topological polar surface area (TPSA) is 39.1 Å². The number of ether oxygens (including phenoxy) is 1. The highest BCUT2D eigenvalue weighted by atomic mass is 35.5. The molecule has 0 aliphatic heterocycles. The summed E-state index contributed by atoms with van der Waals surface area (Å²) in [4.78, 5) is 0. The van der Waals surface area contributed by atoms with Gasteiger partial charge in [-0.2, -0.15) is 5.10 Å². The predicted octanol–water partition coefficient (Wildman–Crippen LogP) is 2.93. The Bertz CT molecular complexity index is 580. The van der Waals surface area contributed by atoms with Crippen LogP contribution in [-0.4, -0.2) is 16.8 Å². The van der Waals surface area contributed by atoms with Gasteiger partial charge in [-0.05, 0) is 25.6 Å². The molecule has 1 N–H and O–H groups in total. The second kappa shape index (κ2) is 6.77. The van der Waals surface area contributed by atoms with Crippen LogP contribution in [0.1, 0.15) is 23.9 Å². The van der Waals surface area contributed by atoms with E-state index < -0.39 is 0 Å². The van der Waals surface area contributed by atoms with Gasteiger partial charge in [-0.1, -0.05) is 30.7 Å². The highest BCUT2D eigenvalue weighted by molar-refractivity contribution is 6.32. The molecule has 1 heterocycles. The van der Waals surface area contributed by atoms with Crippen molar-refractivity contribution < 1.29 is 4.74 Å². The van der Waals surface area contributed by atoms with Gasteiger partial charge in [-0.15, -0.1) is 0 Å². The lowest BCUT2D eigenvalue weighted by atomic mass is 10.2. The Hall–Kier alpha value is -1.52. The van der Waals surface area contributed by atoms with Gasteiger partial charge in [-0.25, -0.2) is 0 Å². The van der Waals surface area contributed by atoms with Crippen LogP contribution < -0.4 is 10.1 Å². The molecule has 20 heavy (non-hydrogen) atoms. The average Bonchev–Trinajstić information content (AvgIpc) is 2.79. The van der Waals surface area contributed by atoms with E-state index in [1.54, 1.807) is 0 Å². The fraction of sp³-hybridized carbons (Fsp3) is 0.400. The molecule has 4 nitrogen and oxygen atoms in total. The van der Waals surface area contributed by atoms with E-state index in [-0.39, 0.29) is 0 Å². The normalized spacial score (nSPS) is 10.8. The zero-order valence-electron chi connectivity index (χ0n) is 12.1. The minimum atomic E-state index is 0.462. The smallest absolute Gasteiger partial charge is 0.142 e. The van der Waals surface area contributed by atoms with Gasteiger partial charge >= 0.3 is 0 Å². The van der Waals surface area contributed by atoms with Crippen molar-refractivity contribution >= 4 is 11.6 Å². The highest BCUT2D eigenvalue weighted by Crippen LogP contribution is 2.29. The summed E-state index contributed by atoms with van der Waals surface area (Å²) in [5, 5.41) is 8.17. The number of aromatic nitrogens is 2. The minimum Gasteiger partial charge on any atom is -0.485 e. The van der Waals surface area contributed by atoms with Gasteiger partial charge in [0.25, 0.3) is 0 Å². The van der Waals surface area contributed by atoms with Crippen molar-refractivity contribution in [1.82, 2.24) is 15.1 Å². The fourth-order valence-corrected chi connectivity index (χ4v) is 2.32. The fourth-order valence-electron chi connectivity index (χ4n) is 2.07. The van der Waals surface area contributed by atoms with E-state index in [0.717, 1.165) is 35.7 Å². The van der Waals surface area contributed by atoms with Gasteiger partial charge in [0.05, 0.1) is 16.4 Å². The summed E-state index contributed by atoms with van der Waals surface area (Å²) < 4.78 is 7.77. The number of nitrogens with one attached hydrogen (secondary N) is 1. The van der Waals surface area contributed by atoms with Gasteiger partial charge in [0, 0.05) is 19.2 Å². The molecule has 0 unspecified atom stereocenters. The first-order valence-electron chi connectivity index (χ1n) is 6.72. The predicted molar refractivity (Wildman–Crippen MR) is 81.1 cm³/mol. The molecule has 5 heteroatoms. The summed E-state index contributed by atoms with van der Waals surface area (Å²) in [7, 11) is 3.83. The number of nitrogens with zero attached hydrogens (tertiary/aromatic N) is 2. The van der Waals surface area contributed by atoms with Crippen molar-refractivity contribution in [3.8, 4) is 5.75 Å². The molecule has 0 saturated carbocycles. The molecule has 0 saturated heterocycles. The first-order valence-corrected chi connectivity index (χ1v) is 7.10. The number of rotatable bonds is 6. The van der Waals surface area contributed by atoms with Crippen LogP contribution in [0.2, 0.25) is 5.02 Å². The van der Waals surface area contributed by atoms with E-state index in [4.69, 9.17) is 16.3 Å². The second-order valence-corrected chi connectivity index (χ2v) is 5.06. The minimum absolute atomic E-state index is 0.462. The van der Waals surface area contributed by atoms with Crippen molar-refractivity contribution in [2.75, 3.05) is 7.05 Å².